The van der Waals surface area contributed by atoms with E-state index in [0.29, 0.717) is 19.3 Å². The van der Waals surface area contributed by atoms with E-state index in [9.17, 15) is 28.9 Å². The lowest BCUT2D eigenvalue weighted by molar-refractivity contribution is -0.161. The number of esters is 3. The molecule has 2 N–H and O–H groups in total. The number of hydrogen-bond acceptors (Lipinski definition) is 10. The van der Waals surface area contributed by atoms with Gasteiger partial charge in [-0.1, -0.05) is 248 Å². The van der Waals surface area contributed by atoms with Gasteiger partial charge in [-0.05, 0) is 109 Å². The maximum absolute atomic E-state index is 13.0. The number of phosphoric acid groups is 1. The van der Waals surface area contributed by atoms with Crippen LogP contribution in [0.4, 0.5) is 0 Å². The van der Waals surface area contributed by atoms with E-state index in [1.165, 1.54) is 148 Å². The zero-order chi connectivity index (χ0) is 58.3. The Balaban J connectivity index is 4.72. The van der Waals surface area contributed by atoms with Crippen LogP contribution in [0.3, 0.4) is 0 Å². The molecule has 0 rings (SSSR count). The van der Waals surface area contributed by atoms with Crippen molar-refractivity contribution in [1.29, 1.82) is 0 Å². The second-order valence-corrected chi connectivity index (χ2v) is 23.3. The van der Waals surface area contributed by atoms with Crippen molar-refractivity contribution in [2.75, 3.05) is 26.4 Å². The molecule has 0 saturated heterocycles. The van der Waals surface area contributed by atoms with Crippen LogP contribution in [-0.4, -0.2) is 66.5 Å². The average Bonchev–Trinajstić information content (AvgIpc) is 3.45. The molecule has 0 aromatic heterocycles. The molecule has 0 radical (unpaired) electrons. The highest BCUT2D eigenvalue weighted by atomic mass is 31.2. The van der Waals surface area contributed by atoms with Crippen molar-refractivity contribution >= 4 is 25.7 Å². The molecule has 0 aliphatic rings. The first kappa shape index (κ1) is 76.9. The van der Waals surface area contributed by atoms with Crippen molar-refractivity contribution in [2.45, 2.75) is 315 Å². The summed E-state index contributed by atoms with van der Waals surface area (Å²) in [5.41, 5.74) is 0. The fourth-order valence-corrected chi connectivity index (χ4v) is 9.89. The van der Waals surface area contributed by atoms with Gasteiger partial charge in [0.1, 0.15) is 12.7 Å². The topological polar surface area (TPSA) is 155 Å². The van der Waals surface area contributed by atoms with Gasteiger partial charge in [0.15, 0.2) is 6.10 Å². The molecule has 11 nitrogen and oxygen atoms in total. The molecule has 0 amide bonds. The summed E-state index contributed by atoms with van der Waals surface area (Å²) >= 11 is 0. The lowest BCUT2D eigenvalue weighted by atomic mass is 10.1. The van der Waals surface area contributed by atoms with E-state index in [1.54, 1.807) is 0 Å². The van der Waals surface area contributed by atoms with Gasteiger partial charge in [-0.15, -0.1) is 0 Å². The minimum atomic E-state index is -4.76. The molecular formula is C68H121O11P. The Hall–Kier alpha value is -3.08. The van der Waals surface area contributed by atoms with Crippen LogP contribution >= 0.6 is 7.82 Å². The Morgan fingerprint density at radius 2 is 0.650 bits per heavy atom. The minimum Gasteiger partial charge on any atom is -0.462 e. The largest absolute Gasteiger partial charge is 0.472 e. The monoisotopic (exact) mass is 1140 g/mol. The van der Waals surface area contributed by atoms with Crippen LogP contribution in [0.2, 0.25) is 0 Å². The number of allylic oxidation sites excluding steroid dienone is 12. The highest BCUT2D eigenvalue weighted by Gasteiger charge is 2.28. The second-order valence-electron chi connectivity index (χ2n) is 21.9. The molecule has 0 heterocycles. The third-order valence-corrected chi connectivity index (χ3v) is 15.0. The van der Waals surface area contributed by atoms with Crippen molar-refractivity contribution in [3.05, 3.63) is 72.9 Å². The van der Waals surface area contributed by atoms with Gasteiger partial charge >= 0.3 is 25.7 Å². The van der Waals surface area contributed by atoms with E-state index in [1.807, 2.05) is 0 Å². The van der Waals surface area contributed by atoms with Crippen molar-refractivity contribution in [2.24, 2.45) is 0 Å². The van der Waals surface area contributed by atoms with Crippen molar-refractivity contribution < 1.29 is 52.2 Å². The van der Waals surface area contributed by atoms with E-state index in [0.717, 1.165) is 96.3 Å². The number of carbonyl (C=O) groups is 3. The molecular weight excluding hydrogens is 1020 g/mol. The number of aliphatic hydroxyl groups excluding tert-OH is 1. The Kier molecular flexibility index (Phi) is 59.6. The molecule has 0 aliphatic carbocycles. The molecule has 0 spiro atoms. The Morgan fingerprint density at radius 1 is 0.362 bits per heavy atom. The van der Waals surface area contributed by atoms with Gasteiger partial charge in [-0.2, -0.15) is 0 Å². The predicted molar refractivity (Wildman–Crippen MR) is 335 cm³/mol. The standard InChI is InChI=1S/C68H121O11P/c1-4-7-10-13-16-19-22-25-28-31-32-35-38-41-44-47-50-53-56-59-68(72)79-65(61-75-66(70)57-54-51-48-45-42-39-36-33-29-26-23-20-17-14-11-8-5-2)63-77-80(73,74)76-62-64(60-69)78-67(71)58-55-52-49-46-43-40-37-34-30-27-24-21-18-15-12-9-6-3/h9,12,18,21,25-30,37,40,64-65,69H,4-8,10-11,13-17,19-20,22-24,31-36,38-39,41-63H2,1-3H3,(H,73,74)/b12-9-,21-18-,28-25-,29-26-,30-27-,40-37-. The number of unbranched alkanes of at least 4 members (excludes halogenated alkanes) is 32. The van der Waals surface area contributed by atoms with E-state index >= 15 is 0 Å². The molecule has 80 heavy (non-hydrogen) atoms. The van der Waals surface area contributed by atoms with E-state index in [4.69, 9.17) is 23.3 Å². The summed E-state index contributed by atoms with van der Waals surface area (Å²) in [4.78, 5) is 48.8. The van der Waals surface area contributed by atoms with Gasteiger partial charge in [0.05, 0.1) is 19.8 Å². The quantitative estimate of drug-likeness (QED) is 0.0197. The first-order valence-electron chi connectivity index (χ1n) is 32.8. The molecule has 464 valence electrons. The maximum atomic E-state index is 13.0. The number of hydrogen-bond donors (Lipinski definition) is 2. The normalized spacial score (nSPS) is 13.7. The fourth-order valence-electron chi connectivity index (χ4n) is 9.10. The first-order valence-corrected chi connectivity index (χ1v) is 34.3. The van der Waals surface area contributed by atoms with Crippen LogP contribution in [0.25, 0.3) is 0 Å². The lowest BCUT2D eigenvalue weighted by Gasteiger charge is -2.21. The lowest BCUT2D eigenvalue weighted by Crippen LogP contribution is -2.30. The summed E-state index contributed by atoms with van der Waals surface area (Å²) in [6.07, 6.45) is 71.3. The number of phosphoric ester groups is 1. The number of carbonyl (C=O) groups excluding carboxylic acids is 3. The van der Waals surface area contributed by atoms with Gasteiger partial charge in [-0.3, -0.25) is 23.4 Å². The van der Waals surface area contributed by atoms with Gasteiger partial charge in [0.2, 0.25) is 0 Å². The summed E-state index contributed by atoms with van der Waals surface area (Å²) in [6.45, 7) is 4.54. The third-order valence-electron chi connectivity index (χ3n) is 14.1. The van der Waals surface area contributed by atoms with E-state index < -0.39 is 57.8 Å². The van der Waals surface area contributed by atoms with Crippen LogP contribution in [0.5, 0.6) is 0 Å². The number of rotatable bonds is 61. The van der Waals surface area contributed by atoms with Gasteiger partial charge < -0.3 is 24.2 Å². The summed E-state index contributed by atoms with van der Waals surface area (Å²) in [7, 11) is -4.76. The van der Waals surface area contributed by atoms with Crippen molar-refractivity contribution in [1.82, 2.24) is 0 Å². The Labute approximate surface area is 490 Å². The van der Waals surface area contributed by atoms with Crippen LogP contribution in [0.15, 0.2) is 72.9 Å². The summed E-state index contributed by atoms with van der Waals surface area (Å²) < 4.78 is 39.7. The van der Waals surface area contributed by atoms with E-state index in [2.05, 4.69) is 93.7 Å². The van der Waals surface area contributed by atoms with Gasteiger partial charge in [-0.25, -0.2) is 4.57 Å². The zero-order valence-electron chi connectivity index (χ0n) is 51.5. The molecule has 0 saturated carbocycles. The summed E-state index contributed by atoms with van der Waals surface area (Å²) in [6, 6.07) is 0. The summed E-state index contributed by atoms with van der Waals surface area (Å²) in [5, 5.41) is 9.85. The second kappa shape index (κ2) is 62.0. The molecule has 3 unspecified atom stereocenters. The van der Waals surface area contributed by atoms with Crippen LogP contribution in [0.1, 0.15) is 303 Å². The molecule has 0 aromatic rings. The molecule has 0 aliphatic heterocycles. The van der Waals surface area contributed by atoms with Gasteiger partial charge in [0.25, 0.3) is 0 Å². The number of aliphatic hydroxyl groups is 1. The van der Waals surface area contributed by atoms with Crippen molar-refractivity contribution in [3.8, 4) is 0 Å². The smallest absolute Gasteiger partial charge is 0.462 e. The minimum absolute atomic E-state index is 0.148. The number of ether oxygens (including phenoxy) is 3. The average molecular weight is 1150 g/mol. The SMILES string of the molecule is CC/C=C\C/C=C\C/C=C\C/C=C\CCCCCCC(=O)OC(CO)COP(=O)(O)OCC(COC(=O)CCCCCCCCC/C=C\CCCCCCCC)OC(=O)CCCCCCCCCCC/C=C\CCCCCCCC. The zero-order valence-corrected chi connectivity index (χ0v) is 52.4. The molecule has 0 fully saturated rings. The molecule has 0 bridgehead atoms. The predicted octanol–water partition coefficient (Wildman–Crippen LogP) is 20.0. The van der Waals surface area contributed by atoms with Crippen LogP contribution in [0, 0.1) is 0 Å². The van der Waals surface area contributed by atoms with E-state index in [-0.39, 0.29) is 25.9 Å². The highest BCUT2D eigenvalue weighted by Crippen LogP contribution is 2.43. The Bertz CT molecular complexity index is 1620. The van der Waals surface area contributed by atoms with Crippen LogP contribution < -0.4 is 0 Å². The summed E-state index contributed by atoms with van der Waals surface area (Å²) in [5.74, 6) is -1.48. The van der Waals surface area contributed by atoms with Crippen LogP contribution in [-0.2, 0) is 42.2 Å². The molecule has 0 aromatic carbocycles. The fraction of sp³-hybridized carbons (Fsp3) is 0.779. The molecule has 12 heteroatoms. The van der Waals surface area contributed by atoms with Crippen molar-refractivity contribution in [3.63, 3.8) is 0 Å². The van der Waals surface area contributed by atoms with Gasteiger partial charge in [0, 0.05) is 19.3 Å². The highest BCUT2D eigenvalue weighted by molar-refractivity contribution is 7.47. The maximum Gasteiger partial charge on any atom is 0.472 e. The third kappa shape index (κ3) is 59.5. The first-order chi connectivity index (χ1) is 39.2. The Morgan fingerprint density at radius 3 is 1.01 bits per heavy atom. The molecule has 3 atom stereocenters.